The molecule has 84 valence electrons. The molecule has 2 atom stereocenters. The molecule has 0 fully saturated rings. The van der Waals surface area contributed by atoms with Gasteiger partial charge in [-0.1, -0.05) is 29.8 Å². The largest absolute Gasteiger partial charge is 0.391 e. The summed E-state index contributed by atoms with van der Waals surface area (Å²) in [4.78, 5) is 11.4. The normalized spacial score (nSPS) is 16.6. The van der Waals surface area contributed by atoms with E-state index in [4.69, 9.17) is 0 Å². The Morgan fingerprint density at radius 1 is 1.36 bits per heavy atom. The van der Waals surface area contributed by atoms with Crippen LogP contribution in [0.3, 0.4) is 0 Å². The second kappa shape index (κ2) is 5.12. The molecule has 14 heavy (non-hydrogen) atoms. The van der Waals surface area contributed by atoms with Crippen LogP contribution in [0.5, 0.6) is 0 Å². The molecular weight excluding hydrogens is 246 g/mol. The topological polar surface area (TPSA) is 49.3 Å². The quantitative estimate of drug-likeness (QED) is 0.761. The van der Waals surface area contributed by atoms with Gasteiger partial charge in [-0.05, 0) is 26.7 Å². The van der Waals surface area contributed by atoms with Gasteiger partial charge < -0.3 is 10.4 Å². The molecule has 0 spiro atoms. The van der Waals surface area contributed by atoms with Gasteiger partial charge >= 0.3 is 0 Å². The van der Waals surface area contributed by atoms with Gasteiger partial charge in [0.25, 0.3) is 0 Å². The van der Waals surface area contributed by atoms with Crippen LogP contribution in [0.1, 0.15) is 34.6 Å². The van der Waals surface area contributed by atoms with Crippen molar-refractivity contribution < 1.29 is 9.90 Å². The van der Waals surface area contributed by atoms with Crippen LogP contribution >= 0.6 is 15.9 Å². The molecule has 2 unspecified atom stereocenters. The Bertz CT molecular complexity index is 202. The van der Waals surface area contributed by atoms with Crippen LogP contribution in [0.15, 0.2) is 0 Å². The Morgan fingerprint density at radius 3 is 2.07 bits per heavy atom. The van der Waals surface area contributed by atoms with Gasteiger partial charge in [0, 0.05) is 0 Å². The molecule has 0 aromatic rings. The standard InChI is InChI=1S/C10H20BrNO2/c1-6(2)8(11)9(14)12-10(4,5)7(3)13/h6-8,13H,1-5H3,(H,12,14). The summed E-state index contributed by atoms with van der Waals surface area (Å²) in [5.74, 6) is 0.158. The van der Waals surface area contributed by atoms with E-state index in [0.717, 1.165) is 0 Å². The fourth-order valence-electron chi connectivity index (χ4n) is 0.794. The van der Waals surface area contributed by atoms with Crippen molar-refractivity contribution in [3.8, 4) is 0 Å². The minimum Gasteiger partial charge on any atom is -0.391 e. The van der Waals surface area contributed by atoms with Crippen LogP contribution in [-0.2, 0) is 4.79 Å². The first-order valence-corrected chi connectivity index (χ1v) is 5.74. The van der Waals surface area contributed by atoms with E-state index in [1.54, 1.807) is 20.8 Å². The highest BCUT2D eigenvalue weighted by Crippen LogP contribution is 2.15. The number of hydrogen-bond donors (Lipinski definition) is 2. The van der Waals surface area contributed by atoms with Crippen molar-refractivity contribution >= 4 is 21.8 Å². The third-order valence-electron chi connectivity index (χ3n) is 2.33. The first kappa shape index (κ1) is 13.9. The van der Waals surface area contributed by atoms with Crippen molar-refractivity contribution in [3.05, 3.63) is 0 Å². The zero-order valence-electron chi connectivity index (χ0n) is 9.47. The minimum atomic E-state index is -0.585. The Kier molecular flexibility index (Phi) is 5.09. The van der Waals surface area contributed by atoms with Crippen LogP contribution in [0, 0.1) is 5.92 Å². The number of alkyl halides is 1. The number of carbonyl (C=O) groups is 1. The SMILES string of the molecule is CC(C)C(Br)C(=O)NC(C)(C)C(C)O. The number of hydrogen-bond acceptors (Lipinski definition) is 2. The van der Waals surface area contributed by atoms with Crippen LogP contribution in [0.25, 0.3) is 0 Å². The van der Waals surface area contributed by atoms with E-state index in [1.165, 1.54) is 0 Å². The zero-order valence-corrected chi connectivity index (χ0v) is 11.1. The lowest BCUT2D eigenvalue weighted by atomic mass is 9.98. The molecule has 0 bridgehead atoms. The van der Waals surface area contributed by atoms with Crippen LogP contribution in [0.4, 0.5) is 0 Å². The molecule has 3 nitrogen and oxygen atoms in total. The predicted molar refractivity (Wildman–Crippen MR) is 61.5 cm³/mol. The van der Waals surface area contributed by atoms with Crippen molar-refractivity contribution in [3.63, 3.8) is 0 Å². The molecule has 0 saturated carbocycles. The molecule has 0 aromatic heterocycles. The summed E-state index contributed by atoms with van der Waals surface area (Å²) < 4.78 is 0. The van der Waals surface area contributed by atoms with Gasteiger partial charge in [0.2, 0.25) is 5.91 Å². The molecule has 2 N–H and O–H groups in total. The average Bonchev–Trinajstić information content (AvgIpc) is 2.01. The minimum absolute atomic E-state index is 0.0779. The van der Waals surface area contributed by atoms with Crippen molar-refractivity contribution in [2.45, 2.75) is 51.1 Å². The highest BCUT2D eigenvalue weighted by molar-refractivity contribution is 9.10. The number of aliphatic hydroxyl groups excluding tert-OH is 1. The number of nitrogens with one attached hydrogen (secondary N) is 1. The summed E-state index contributed by atoms with van der Waals surface area (Å²) >= 11 is 3.32. The number of amides is 1. The summed E-state index contributed by atoms with van der Waals surface area (Å²) in [5, 5.41) is 12.2. The lowest BCUT2D eigenvalue weighted by Crippen LogP contribution is -2.53. The van der Waals surface area contributed by atoms with Crippen molar-refractivity contribution in [1.29, 1.82) is 0 Å². The van der Waals surface area contributed by atoms with E-state index >= 15 is 0 Å². The van der Waals surface area contributed by atoms with E-state index in [-0.39, 0.29) is 16.7 Å². The third-order valence-corrected chi connectivity index (χ3v) is 3.80. The Labute approximate surface area is 94.4 Å². The molecular formula is C10H20BrNO2. The van der Waals surface area contributed by atoms with Crippen molar-refractivity contribution in [1.82, 2.24) is 5.32 Å². The van der Waals surface area contributed by atoms with Crippen molar-refractivity contribution in [2.24, 2.45) is 5.92 Å². The average molecular weight is 266 g/mol. The monoisotopic (exact) mass is 265 g/mol. The number of carbonyl (C=O) groups excluding carboxylic acids is 1. The van der Waals surface area contributed by atoms with Crippen molar-refractivity contribution in [2.75, 3.05) is 0 Å². The Hall–Kier alpha value is -0.0900. The molecule has 1 amide bonds. The van der Waals surface area contributed by atoms with Gasteiger partial charge in [-0.25, -0.2) is 0 Å². The van der Waals surface area contributed by atoms with Gasteiger partial charge in [-0.15, -0.1) is 0 Å². The van der Waals surface area contributed by atoms with Gasteiger partial charge in [0.1, 0.15) is 0 Å². The second-order valence-electron chi connectivity index (χ2n) is 4.53. The molecule has 0 aliphatic rings. The Morgan fingerprint density at radius 2 is 1.79 bits per heavy atom. The highest BCUT2D eigenvalue weighted by atomic mass is 79.9. The van der Waals surface area contributed by atoms with Crippen LogP contribution in [-0.4, -0.2) is 27.5 Å². The maximum absolute atomic E-state index is 11.6. The van der Waals surface area contributed by atoms with Gasteiger partial charge in [0.05, 0.1) is 16.5 Å². The summed E-state index contributed by atoms with van der Waals surface area (Å²) in [6, 6.07) is 0. The lowest BCUT2D eigenvalue weighted by Gasteiger charge is -2.30. The summed E-state index contributed by atoms with van der Waals surface area (Å²) in [5.41, 5.74) is -0.585. The number of halogens is 1. The fraction of sp³-hybridized carbons (Fsp3) is 0.900. The maximum Gasteiger partial charge on any atom is 0.234 e. The van der Waals surface area contributed by atoms with E-state index in [2.05, 4.69) is 21.2 Å². The van der Waals surface area contributed by atoms with E-state index in [9.17, 15) is 9.90 Å². The van der Waals surface area contributed by atoms with E-state index < -0.39 is 11.6 Å². The first-order chi connectivity index (χ1) is 6.18. The molecule has 0 saturated heterocycles. The van der Waals surface area contributed by atoms with E-state index in [0.29, 0.717) is 0 Å². The molecule has 0 aromatic carbocycles. The third kappa shape index (κ3) is 3.96. The number of aliphatic hydroxyl groups is 1. The van der Waals surface area contributed by atoms with Crippen LogP contribution in [0.2, 0.25) is 0 Å². The van der Waals surface area contributed by atoms with Gasteiger partial charge in [-0.2, -0.15) is 0 Å². The molecule has 4 heteroatoms. The summed E-state index contributed by atoms with van der Waals surface area (Å²) in [6.45, 7) is 9.20. The van der Waals surface area contributed by atoms with Gasteiger partial charge in [0.15, 0.2) is 0 Å². The molecule has 0 aliphatic heterocycles. The first-order valence-electron chi connectivity index (χ1n) is 4.82. The summed E-state index contributed by atoms with van der Waals surface area (Å²) in [6.07, 6.45) is -0.571. The summed E-state index contributed by atoms with van der Waals surface area (Å²) in [7, 11) is 0. The lowest BCUT2D eigenvalue weighted by molar-refractivity contribution is -0.123. The molecule has 0 heterocycles. The molecule has 0 rings (SSSR count). The smallest absolute Gasteiger partial charge is 0.234 e. The second-order valence-corrected chi connectivity index (χ2v) is 5.52. The predicted octanol–water partition coefficient (Wildman–Crippen LogP) is 1.68. The fourth-order valence-corrected chi connectivity index (χ4v) is 0.908. The van der Waals surface area contributed by atoms with E-state index in [1.807, 2.05) is 13.8 Å². The highest BCUT2D eigenvalue weighted by Gasteiger charge is 2.29. The molecule has 0 radical (unpaired) electrons. The maximum atomic E-state index is 11.6. The van der Waals surface area contributed by atoms with Crippen LogP contribution < -0.4 is 5.32 Å². The molecule has 0 aliphatic carbocycles. The number of rotatable bonds is 4. The van der Waals surface area contributed by atoms with Gasteiger partial charge in [-0.3, -0.25) is 4.79 Å². The Balaban J connectivity index is 4.32. The zero-order chi connectivity index (χ0) is 11.5.